The molecule has 2 heteroatoms. The molecule has 0 aliphatic rings. The van der Waals surface area contributed by atoms with Crippen molar-refractivity contribution in [3.63, 3.8) is 0 Å². The smallest absolute Gasteiger partial charge is 0.129 e. The highest BCUT2D eigenvalue weighted by Gasteiger charge is 2.24. The van der Waals surface area contributed by atoms with Crippen molar-refractivity contribution in [3.05, 3.63) is 35.4 Å². The van der Waals surface area contributed by atoms with Crippen molar-refractivity contribution in [2.45, 2.75) is 26.3 Å². The lowest BCUT2D eigenvalue weighted by molar-refractivity contribution is 0.482. The Balaban J connectivity index is 3.01. The maximum Gasteiger partial charge on any atom is 0.129 e. The second-order valence-electron chi connectivity index (χ2n) is 3.63. The summed E-state index contributed by atoms with van der Waals surface area (Å²) in [5.74, 6) is 0. The van der Waals surface area contributed by atoms with Crippen LogP contribution in [0.25, 0.3) is 0 Å². The van der Waals surface area contributed by atoms with Gasteiger partial charge in [-0.05, 0) is 26.0 Å². The van der Waals surface area contributed by atoms with Gasteiger partial charge in [0.1, 0.15) is 5.54 Å². The van der Waals surface area contributed by atoms with Gasteiger partial charge in [0, 0.05) is 0 Å². The van der Waals surface area contributed by atoms with E-state index in [9.17, 15) is 0 Å². The van der Waals surface area contributed by atoms with Crippen LogP contribution in [0.5, 0.6) is 0 Å². The summed E-state index contributed by atoms with van der Waals surface area (Å²) in [6, 6.07) is 10.4. The minimum absolute atomic E-state index is 0.567. The van der Waals surface area contributed by atoms with Gasteiger partial charge in [0.05, 0.1) is 6.07 Å². The van der Waals surface area contributed by atoms with Crippen LogP contribution in [-0.2, 0) is 5.54 Å². The van der Waals surface area contributed by atoms with E-state index in [1.807, 2.05) is 45.0 Å². The van der Waals surface area contributed by atoms with E-state index in [2.05, 4.69) is 11.4 Å². The summed E-state index contributed by atoms with van der Waals surface area (Å²) >= 11 is 0. The SMILES string of the molecule is CCNC(C)(C#N)c1ccc(C)cc1. The highest BCUT2D eigenvalue weighted by atomic mass is 15.0. The van der Waals surface area contributed by atoms with Crippen LogP contribution in [0.2, 0.25) is 0 Å². The Morgan fingerprint density at radius 2 is 1.93 bits per heavy atom. The van der Waals surface area contributed by atoms with Crippen LogP contribution in [0.3, 0.4) is 0 Å². The first-order valence-corrected chi connectivity index (χ1v) is 4.86. The maximum absolute atomic E-state index is 9.13. The van der Waals surface area contributed by atoms with Crippen LogP contribution < -0.4 is 5.32 Å². The predicted molar refractivity (Wildman–Crippen MR) is 57.8 cm³/mol. The molecule has 0 spiro atoms. The summed E-state index contributed by atoms with van der Waals surface area (Å²) in [6.45, 7) is 6.74. The zero-order valence-electron chi connectivity index (χ0n) is 8.96. The second-order valence-corrected chi connectivity index (χ2v) is 3.63. The molecule has 0 radical (unpaired) electrons. The Morgan fingerprint density at radius 3 is 2.36 bits per heavy atom. The molecule has 1 aromatic rings. The van der Waals surface area contributed by atoms with Gasteiger partial charge < -0.3 is 0 Å². The molecule has 0 amide bonds. The highest BCUT2D eigenvalue weighted by molar-refractivity contribution is 5.32. The molecule has 0 saturated carbocycles. The summed E-state index contributed by atoms with van der Waals surface area (Å²) in [6.07, 6.45) is 0. The van der Waals surface area contributed by atoms with E-state index in [-0.39, 0.29) is 0 Å². The van der Waals surface area contributed by atoms with E-state index in [1.165, 1.54) is 5.56 Å². The van der Waals surface area contributed by atoms with E-state index in [0.29, 0.717) is 0 Å². The molecule has 1 rings (SSSR count). The number of hydrogen-bond acceptors (Lipinski definition) is 2. The first-order chi connectivity index (χ1) is 6.62. The summed E-state index contributed by atoms with van der Waals surface area (Å²) < 4.78 is 0. The molecule has 74 valence electrons. The van der Waals surface area contributed by atoms with E-state index < -0.39 is 5.54 Å². The van der Waals surface area contributed by atoms with Gasteiger partial charge in [-0.1, -0.05) is 36.8 Å². The average molecular weight is 188 g/mol. The quantitative estimate of drug-likeness (QED) is 0.790. The highest BCUT2D eigenvalue weighted by Crippen LogP contribution is 2.19. The molecule has 1 atom stereocenters. The van der Waals surface area contributed by atoms with Crippen LogP contribution in [-0.4, -0.2) is 6.54 Å². The van der Waals surface area contributed by atoms with Crippen molar-refractivity contribution in [3.8, 4) is 6.07 Å². The van der Waals surface area contributed by atoms with Crippen molar-refractivity contribution in [1.29, 1.82) is 5.26 Å². The Hall–Kier alpha value is -1.33. The molecule has 0 aromatic heterocycles. The van der Waals surface area contributed by atoms with Gasteiger partial charge in [0.2, 0.25) is 0 Å². The number of rotatable bonds is 3. The van der Waals surface area contributed by atoms with Gasteiger partial charge in [-0.3, -0.25) is 5.32 Å². The van der Waals surface area contributed by atoms with Gasteiger partial charge in [-0.15, -0.1) is 0 Å². The number of hydrogen-bond donors (Lipinski definition) is 1. The van der Waals surface area contributed by atoms with E-state index >= 15 is 0 Å². The van der Waals surface area contributed by atoms with Gasteiger partial charge in [0.15, 0.2) is 0 Å². The number of nitriles is 1. The molecule has 14 heavy (non-hydrogen) atoms. The van der Waals surface area contributed by atoms with Crippen molar-refractivity contribution >= 4 is 0 Å². The van der Waals surface area contributed by atoms with Gasteiger partial charge in [-0.2, -0.15) is 5.26 Å². The normalized spacial score (nSPS) is 14.4. The maximum atomic E-state index is 9.13. The molecule has 0 heterocycles. The zero-order chi connectivity index (χ0) is 10.6. The van der Waals surface area contributed by atoms with Crippen molar-refractivity contribution < 1.29 is 0 Å². The fourth-order valence-corrected chi connectivity index (χ4v) is 1.45. The zero-order valence-corrected chi connectivity index (χ0v) is 8.96. The van der Waals surface area contributed by atoms with E-state index in [0.717, 1.165) is 12.1 Å². The minimum atomic E-state index is -0.567. The minimum Gasteiger partial charge on any atom is -0.296 e. The van der Waals surface area contributed by atoms with E-state index in [1.54, 1.807) is 0 Å². The van der Waals surface area contributed by atoms with Crippen LogP contribution in [0, 0.1) is 18.3 Å². The van der Waals surface area contributed by atoms with Crippen molar-refractivity contribution in [1.82, 2.24) is 5.32 Å². The monoisotopic (exact) mass is 188 g/mol. The molecular formula is C12H16N2. The fourth-order valence-electron chi connectivity index (χ4n) is 1.45. The average Bonchev–Trinajstić information content (AvgIpc) is 2.19. The van der Waals surface area contributed by atoms with E-state index in [4.69, 9.17) is 5.26 Å². The molecule has 0 saturated heterocycles. The number of benzene rings is 1. The molecule has 2 nitrogen and oxygen atoms in total. The third-order valence-corrected chi connectivity index (χ3v) is 2.38. The summed E-state index contributed by atoms with van der Waals surface area (Å²) in [5.41, 5.74) is 1.67. The van der Waals surface area contributed by atoms with Crippen LogP contribution in [0.4, 0.5) is 0 Å². The number of nitrogens with one attached hydrogen (secondary N) is 1. The van der Waals surface area contributed by atoms with Crippen LogP contribution in [0.15, 0.2) is 24.3 Å². The third-order valence-electron chi connectivity index (χ3n) is 2.38. The summed E-state index contributed by atoms with van der Waals surface area (Å²) in [5, 5.41) is 12.3. The van der Waals surface area contributed by atoms with Crippen LogP contribution >= 0.6 is 0 Å². The number of nitrogens with zero attached hydrogens (tertiary/aromatic N) is 1. The van der Waals surface area contributed by atoms with Crippen molar-refractivity contribution in [2.24, 2.45) is 0 Å². The molecule has 1 aromatic carbocycles. The second kappa shape index (κ2) is 4.26. The molecule has 0 fully saturated rings. The lowest BCUT2D eigenvalue weighted by atomic mass is 9.93. The molecule has 1 unspecified atom stereocenters. The first kappa shape index (κ1) is 10.7. The molecular weight excluding hydrogens is 172 g/mol. The predicted octanol–water partition coefficient (Wildman–Crippen LogP) is 2.34. The standard InChI is InChI=1S/C12H16N2/c1-4-14-12(3,9-13)11-7-5-10(2)6-8-11/h5-8,14H,4H2,1-3H3. The summed E-state index contributed by atoms with van der Waals surface area (Å²) in [4.78, 5) is 0. The van der Waals surface area contributed by atoms with Gasteiger partial charge in [0.25, 0.3) is 0 Å². The molecule has 0 aliphatic heterocycles. The lowest BCUT2D eigenvalue weighted by Gasteiger charge is -2.23. The largest absolute Gasteiger partial charge is 0.296 e. The Bertz CT molecular complexity index is 334. The summed E-state index contributed by atoms with van der Waals surface area (Å²) in [7, 11) is 0. The van der Waals surface area contributed by atoms with Crippen LogP contribution in [0.1, 0.15) is 25.0 Å². The molecule has 0 aliphatic carbocycles. The Morgan fingerprint density at radius 1 is 1.36 bits per heavy atom. The Labute approximate surface area is 85.6 Å². The van der Waals surface area contributed by atoms with Gasteiger partial charge >= 0.3 is 0 Å². The first-order valence-electron chi connectivity index (χ1n) is 4.86. The van der Waals surface area contributed by atoms with Crippen molar-refractivity contribution in [2.75, 3.05) is 6.54 Å². The number of aryl methyl sites for hydroxylation is 1. The Kier molecular flexibility index (Phi) is 3.27. The topological polar surface area (TPSA) is 35.8 Å². The molecule has 1 N–H and O–H groups in total. The third kappa shape index (κ3) is 2.12. The fraction of sp³-hybridized carbons (Fsp3) is 0.417. The van der Waals surface area contributed by atoms with Gasteiger partial charge in [-0.25, -0.2) is 0 Å². The lowest BCUT2D eigenvalue weighted by Crippen LogP contribution is -2.37. The molecule has 0 bridgehead atoms.